The van der Waals surface area contributed by atoms with Crippen molar-refractivity contribution >= 4 is 29.1 Å². The van der Waals surface area contributed by atoms with Crippen LogP contribution in [0.25, 0.3) is 0 Å². The number of halogens is 2. The van der Waals surface area contributed by atoms with Crippen molar-refractivity contribution in [1.82, 2.24) is 4.90 Å². The van der Waals surface area contributed by atoms with Gasteiger partial charge in [0.15, 0.2) is 11.5 Å². The summed E-state index contributed by atoms with van der Waals surface area (Å²) in [5.74, 6) is 0.849. The molecule has 1 aliphatic rings. The smallest absolute Gasteiger partial charge is 0.254 e. The molecule has 0 atom stereocenters. The Morgan fingerprint density at radius 2 is 1.88 bits per heavy atom. The van der Waals surface area contributed by atoms with Crippen LogP contribution in [0.15, 0.2) is 36.4 Å². The van der Waals surface area contributed by atoms with Crippen molar-refractivity contribution in [2.24, 2.45) is 0 Å². The van der Waals surface area contributed by atoms with E-state index in [2.05, 4.69) is 0 Å². The van der Waals surface area contributed by atoms with Crippen LogP contribution in [0, 0.1) is 0 Å². The lowest BCUT2D eigenvalue weighted by Gasteiger charge is -2.19. The molecule has 3 rings (SSSR count). The lowest BCUT2D eigenvalue weighted by atomic mass is 10.1. The van der Waals surface area contributed by atoms with Gasteiger partial charge in [0.1, 0.15) is 0 Å². The first-order valence-electron chi connectivity index (χ1n) is 7.64. The minimum absolute atomic E-state index is 0.160. The largest absolute Gasteiger partial charge is 0.489 e. The molecule has 6 heteroatoms. The second-order valence-corrected chi connectivity index (χ2v) is 6.40. The van der Waals surface area contributed by atoms with Crippen LogP contribution in [-0.2, 0) is 6.54 Å². The summed E-state index contributed by atoms with van der Waals surface area (Å²) in [6.07, 6.45) is 0.778. The second kappa shape index (κ2) is 7.32. The fraction of sp³-hybridized carbons (Fsp3) is 0.278. The zero-order valence-corrected chi connectivity index (χ0v) is 14.7. The van der Waals surface area contributed by atoms with Gasteiger partial charge in [-0.1, -0.05) is 41.4 Å². The predicted octanol–water partition coefficient (Wildman–Crippen LogP) is 4.43. The van der Waals surface area contributed by atoms with Crippen molar-refractivity contribution in [2.45, 2.75) is 13.0 Å². The van der Waals surface area contributed by atoms with Gasteiger partial charge in [0.05, 0.1) is 18.2 Å². The van der Waals surface area contributed by atoms with Crippen molar-refractivity contribution in [3.05, 3.63) is 57.6 Å². The Morgan fingerprint density at radius 3 is 2.67 bits per heavy atom. The molecule has 24 heavy (non-hydrogen) atoms. The number of hydrogen-bond donors (Lipinski definition) is 0. The Labute approximate surface area is 150 Å². The molecule has 0 saturated carbocycles. The van der Waals surface area contributed by atoms with E-state index in [1.807, 2.05) is 18.2 Å². The highest BCUT2D eigenvalue weighted by Gasteiger charge is 2.20. The minimum Gasteiger partial charge on any atom is -0.489 e. The number of nitrogens with zero attached hydrogens (tertiary/aromatic N) is 1. The summed E-state index contributed by atoms with van der Waals surface area (Å²) >= 11 is 12.4. The van der Waals surface area contributed by atoms with Crippen LogP contribution >= 0.6 is 23.2 Å². The van der Waals surface area contributed by atoms with E-state index in [0.29, 0.717) is 46.9 Å². The molecule has 0 fully saturated rings. The maximum atomic E-state index is 12.7. The molecule has 1 aliphatic heterocycles. The van der Waals surface area contributed by atoms with Crippen molar-refractivity contribution in [1.29, 1.82) is 0 Å². The Morgan fingerprint density at radius 1 is 1.12 bits per heavy atom. The van der Waals surface area contributed by atoms with Gasteiger partial charge in [-0.15, -0.1) is 0 Å². The molecule has 0 aromatic heterocycles. The maximum Gasteiger partial charge on any atom is 0.254 e. The number of amides is 1. The van der Waals surface area contributed by atoms with Gasteiger partial charge in [-0.05, 0) is 23.8 Å². The highest BCUT2D eigenvalue weighted by molar-refractivity contribution is 6.32. The van der Waals surface area contributed by atoms with E-state index in [1.165, 1.54) is 0 Å². The van der Waals surface area contributed by atoms with E-state index in [4.69, 9.17) is 32.7 Å². The zero-order chi connectivity index (χ0) is 17.1. The van der Waals surface area contributed by atoms with Gasteiger partial charge in [-0.3, -0.25) is 4.79 Å². The monoisotopic (exact) mass is 365 g/mol. The van der Waals surface area contributed by atoms with E-state index >= 15 is 0 Å². The molecule has 4 nitrogen and oxygen atoms in total. The van der Waals surface area contributed by atoms with Crippen LogP contribution in [0.5, 0.6) is 11.5 Å². The number of carbonyl (C=O) groups excluding carboxylic acids is 1. The van der Waals surface area contributed by atoms with Gasteiger partial charge >= 0.3 is 0 Å². The Balaban J connectivity index is 1.83. The average Bonchev–Trinajstić information content (AvgIpc) is 2.82. The molecule has 0 bridgehead atoms. The third-order valence-corrected chi connectivity index (χ3v) is 4.41. The third-order valence-electron chi connectivity index (χ3n) is 3.76. The normalized spacial score (nSPS) is 13.3. The topological polar surface area (TPSA) is 38.8 Å². The van der Waals surface area contributed by atoms with Crippen LogP contribution < -0.4 is 9.47 Å². The van der Waals surface area contributed by atoms with Gasteiger partial charge in [-0.2, -0.15) is 0 Å². The van der Waals surface area contributed by atoms with Gasteiger partial charge in [0.2, 0.25) is 0 Å². The Kier molecular flexibility index (Phi) is 5.17. The Bertz CT molecular complexity index is 764. The number of rotatable bonds is 3. The standard InChI is InChI=1S/C18H17Cl2NO3/c1-21(11-12-5-2-3-6-14(12)19)18(22)13-9-15(20)17-16(10-13)23-7-4-8-24-17/h2-3,5-6,9-10H,4,7-8,11H2,1H3. The highest BCUT2D eigenvalue weighted by atomic mass is 35.5. The second-order valence-electron chi connectivity index (χ2n) is 5.59. The quantitative estimate of drug-likeness (QED) is 0.807. The maximum absolute atomic E-state index is 12.7. The summed E-state index contributed by atoms with van der Waals surface area (Å²) in [7, 11) is 1.72. The first-order chi connectivity index (χ1) is 11.6. The summed E-state index contributed by atoms with van der Waals surface area (Å²) in [5.41, 5.74) is 1.34. The van der Waals surface area contributed by atoms with Crippen LogP contribution in [0.2, 0.25) is 10.0 Å². The van der Waals surface area contributed by atoms with E-state index in [-0.39, 0.29) is 5.91 Å². The third kappa shape index (κ3) is 3.60. The molecule has 0 unspecified atom stereocenters. The molecule has 2 aromatic carbocycles. The average molecular weight is 366 g/mol. The molecule has 126 valence electrons. The van der Waals surface area contributed by atoms with E-state index in [0.717, 1.165) is 12.0 Å². The van der Waals surface area contributed by atoms with Crippen molar-refractivity contribution in [3.63, 3.8) is 0 Å². The summed E-state index contributed by atoms with van der Waals surface area (Å²) in [6, 6.07) is 10.7. The molecule has 0 N–H and O–H groups in total. The van der Waals surface area contributed by atoms with Crippen molar-refractivity contribution < 1.29 is 14.3 Å². The number of benzene rings is 2. The van der Waals surface area contributed by atoms with Crippen LogP contribution in [0.1, 0.15) is 22.3 Å². The first kappa shape index (κ1) is 16.9. The minimum atomic E-state index is -0.160. The SMILES string of the molecule is CN(Cc1ccccc1Cl)C(=O)c1cc(Cl)c2c(c1)OCCCO2. The number of ether oxygens (including phenoxy) is 2. The number of hydrogen-bond acceptors (Lipinski definition) is 3. The van der Waals surface area contributed by atoms with E-state index in [1.54, 1.807) is 30.1 Å². The van der Waals surface area contributed by atoms with E-state index < -0.39 is 0 Å². The summed E-state index contributed by atoms with van der Waals surface area (Å²) in [5, 5.41) is 1.01. The predicted molar refractivity (Wildman–Crippen MR) is 94.3 cm³/mol. The highest BCUT2D eigenvalue weighted by Crippen LogP contribution is 2.38. The molecule has 1 heterocycles. The van der Waals surface area contributed by atoms with Gasteiger partial charge in [-0.25, -0.2) is 0 Å². The molecule has 1 amide bonds. The lowest BCUT2D eigenvalue weighted by molar-refractivity contribution is 0.0784. The Hall–Kier alpha value is -1.91. The molecule has 2 aromatic rings. The molecule has 0 saturated heterocycles. The molecule has 0 radical (unpaired) electrons. The fourth-order valence-electron chi connectivity index (χ4n) is 2.53. The molecule has 0 spiro atoms. The fourth-order valence-corrected chi connectivity index (χ4v) is 2.99. The summed E-state index contributed by atoms with van der Waals surface area (Å²) < 4.78 is 11.2. The van der Waals surface area contributed by atoms with Gasteiger partial charge in [0, 0.05) is 30.6 Å². The number of fused-ring (bicyclic) bond motifs is 1. The van der Waals surface area contributed by atoms with Crippen molar-refractivity contribution in [3.8, 4) is 11.5 Å². The van der Waals surface area contributed by atoms with Gasteiger partial charge in [0.25, 0.3) is 5.91 Å². The zero-order valence-electron chi connectivity index (χ0n) is 13.2. The summed E-state index contributed by atoms with van der Waals surface area (Å²) in [6.45, 7) is 1.49. The summed E-state index contributed by atoms with van der Waals surface area (Å²) in [4.78, 5) is 14.3. The number of carbonyl (C=O) groups is 1. The molecule has 0 aliphatic carbocycles. The van der Waals surface area contributed by atoms with Crippen LogP contribution in [-0.4, -0.2) is 31.1 Å². The van der Waals surface area contributed by atoms with Gasteiger partial charge < -0.3 is 14.4 Å². The lowest BCUT2D eigenvalue weighted by Crippen LogP contribution is -2.26. The van der Waals surface area contributed by atoms with E-state index in [9.17, 15) is 4.79 Å². The van der Waals surface area contributed by atoms with Crippen LogP contribution in [0.3, 0.4) is 0 Å². The van der Waals surface area contributed by atoms with Crippen molar-refractivity contribution in [2.75, 3.05) is 20.3 Å². The van der Waals surface area contributed by atoms with Crippen LogP contribution in [0.4, 0.5) is 0 Å². The molecular formula is C18H17Cl2NO3. The molecular weight excluding hydrogens is 349 g/mol. The first-order valence-corrected chi connectivity index (χ1v) is 8.40.